The average molecular weight is 342 g/mol. The van der Waals surface area contributed by atoms with Gasteiger partial charge in [0.15, 0.2) is 0 Å². The summed E-state index contributed by atoms with van der Waals surface area (Å²) < 4.78 is 54.5. The molecular weight excluding hydrogens is 332 g/mol. The summed E-state index contributed by atoms with van der Waals surface area (Å²) >= 11 is 0. The number of carboxylic acids is 1. The second-order valence-electron chi connectivity index (χ2n) is 5.30. The zero-order valence-electron chi connectivity index (χ0n) is 11.9. The van der Waals surface area contributed by atoms with Gasteiger partial charge in [-0.3, -0.25) is 4.79 Å². The van der Waals surface area contributed by atoms with Gasteiger partial charge in [-0.2, -0.15) is 13.2 Å². The lowest BCUT2D eigenvalue weighted by atomic mass is 9.94. The minimum atomic E-state index is -4.76. The maximum atomic E-state index is 13.4. The van der Waals surface area contributed by atoms with Crippen molar-refractivity contribution < 1.29 is 32.3 Å². The molecule has 0 aliphatic carbocycles. The number of carbonyl (C=O) groups is 2. The van der Waals surface area contributed by atoms with E-state index in [4.69, 9.17) is 0 Å². The first-order valence-corrected chi connectivity index (χ1v) is 6.79. The number of carboxylic acid groups (broad SMARTS) is 1. The smallest absolute Gasteiger partial charge is 0.397 e. The lowest BCUT2D eigenvalue weighted by Gasteiger charge is -2.27. The van der Waals surface area contributed by atoms with E-state index in [2.05, 4.69) is 5.32 Å². The van der Waals surface area contributed by atoms with Crippen LogP contribution < -0.4 is 5.32 Å². The van der Waals surface area contributed by atoms with Crippen molar-refractivity contribution in [3.63, 3.8) is 0 Å². The molecule has 2 heterocycles. The Bertz CT molecular complexity index is 842. The van der Waals surface area contributed by atoms with Crippen LogP contribution in [-0.4, -0.2) is 27.7 Å². The van der Waals surface area contributed by atoms with Gasteiger partial charge in [0, 0.05) is 18.3 Å². The Kier molecular flexibility index (Phi) is 3.58. The number of aromatic nitrogens is 1. The Morgan fingerprint density at radius 3 is 2.62 bits per heavy atom. The van der Waals surface area contributed by atoms with Crippen molar-refractivity contribution in [2.45, 2.75) is 18.5 Å². The lowest BCUT2D eigenvalue weighted by molar-refractivity contribution is -0.157. The predicted octanol–water partition coefficient (Wildman–Crippen LogP) is 3.30. The van der Waals surface area contributed by atoms with Gasteiger partial charge in [0.2, 0.25) is 5.91 Å². The molecule has 1 amide bonds. The molecule has 0 unspecified atom stereocenters. The Morgan fingerprint density at radius 1 is 1.33 bits per heavy atom. The van der Waals surface area contributed by atoms with E-state index >= 15 is 0 Å². The van der Waals surface area contributed by atoms with Crippen molar-refractivity contribution in [1.29, 1.82) is 0 Å². The van der Waals surface area contributed by atoms with Gasteiger partial charge in [-0.15, -0.1) is 0 Å². The molecule has 24 heavy (non-hydrogen) atoms. The molecule has 0 radical (unpaired) electrons. The average Bonchev–Trinajstić information content (AvgIpc) is 2.84. The number of hydrogen-bond acceptors (Lipinski definition) is 2. The van der Waals surface area contributed by atoms with Crippen LogP contribution in [0.1, 0.15) is 28.4 Å². The van der Waals surface area contributed by atoms with Crippen LogP contribution in [0, 0.1) is 5.82 Å². The number of carbonyl (C=O) groups excluding carboxylic acids is 1. The third-order valence-corrected chi connectivity index (χ3v) is 3.74. The van der Waals surface area contributed by atoms with Gasteiger partial charge in [-0.05, 0) is 18.2 Å². The van der Waals surface area contributed by atoms with Crippen LogP contribution in [0.25, 0.3) is 5.69 Å². The summed E-state index contributed by atoms with van der Waals surface area (Å²) in [5, 5.41) is 11.4. The minimum Gasteiger partial charge on any atom is -0.478 e. The molecule has 2 aromatic rings. The van der Waals surface area contributed by atoms with Crippen molar-refractivity contribution in [2.75, 3.05) is 5.32 Å². The van der Waals surface area contributed by atoms with Gasteiger partial charge < -0.3 is 15.0 Å². The predicted molar refractivity (Wildman–Crippen MR) is 74.7 cm³/mol. The van der Waals surface area contributed by atoms with E-state index in [1.165, 1.54) is 12.1 Å². The standard InChI is InChI=1S/C15H10F4N2O3/c16-7-2-1-3-8(4-7)21-6-9(14(23)24)12-13(21)10(15(17,18)19)5-11(22)20-12/h1-4,6,10H,5H2,(H,20,22)(H,23,24)/t10-/m0/s1. The van der Waals surface area contributed by atoms with Crippen LogP contribution >= 0.6 is 0 Å². The molecule has 2 N–H and O–H groups in total. The van der Waals surface area contributed by atoms with Gasteiger partial charge in [0.25, 0.3) is 0 Å². The van der Waals surface area contributed by atoms with Gasteiger partial charge in [-0.25, -0.2) is 9.18 Å². The lowest BCUT2D eigenvalue weighted by Crippen LogP contribution is -2.33. The summed E-state index contributed by atoms with van der Waals surface area (Å²) in [6, 6.07) is 4.73. The number of benzene rings is 1. The number of rotatable bonds is 2. The minimum absolute atomic E-state index is 0.0316. The number of halogens is 4. The molecule has 0 spiro atoms. The zero-order chi connectivity index (χ0) is 17.6. The maximum Gasteiger partial charge on any atom is 0.397 e. The third kappa shape index (κ3) is 2.61. The highest BCUT2D eigenvalue weighted by Gasteiger charge is 2.48. The highest BCUT2D eigenvalue weighted by molar-refractivity contribution is 6.03. The maximum absolute atomic E-state index is 13.4. The molecule has 1 atom stereocenters. The van der Waals surface area contributed by atoms with Gasteiger partial charge >= 0.3 is 12.1 Å². The van der Waals surface area contributed by atoms with Crippen LogP contribution in [0.15, 0.2) is 30.5 Å². The summed E-state index contributed by atoms with van der Waals surface area (Å²) in [5.41, 5.74) is -1.30. The molecule has 0 bridgehead atoms. The molecule has 0 saturated carbocycles. The zero-order valence-corrected chi connectivity index (χ0v) is 11.9. The van der Waals surface area contributed by atoms with Crippen LogP contribution in [0.4, 0.5) is 23.2 Å². The molecule has 1 aromatic heterocycles. The Morgan fingerprint density at radius 2 is 2.04 bits per heavy atom. The van der Waals surface area contributed by atoms with E-state index < -0.39 is 53.2 Å². The molecule has 1 aromatic carbocycles. The highest BCUT2D eigenvalue weighted by Crippen LogP contribution is 2.46. The Balaban J connectivity index is 2.30. The summed E-state index contributed by atoms with van der Waals surface area (Å²) in [4.78, 5) is 22.9. The molecule has 1 aliphatic heterocycles. The summed E-state index contributed by atoms with van der Waals surface area (Å²) in [7, 11) is 0. The topological polar surface area (TPSA) is 71.3 Å². The van der Waals surface area contributed by atoms with Gasteiger partial charge in [0.05, 0.1) is 11.4 Å². The second kappa shape index (κ2) is 5.36. The monoisotopic (exact) mass is 342 g/mol. The van der Waals surface area contributed by atoms with Crippen molar-refractivity contribution >= 4 is 17.6 Å². The molecular formula is C15H10F4N2O3. The molecule has 0 saturated heterocycles. The third-order valence-electron chi connectivity index (χ3n) is 3.74. The van der Waals surface area contributed by atoms with E-state index in [0.717, 1.165) is 22.9 Å². The fraction of sp³-hybridized carbons (Fsp3) is 0.200. The fourth-order valence-corrected chi connectivity index (χ4v) is 2.74. The Labute approximate surface area is 132 Å². The van der Waals surface area contributed by atoms with Crippen LogP contribution in [0.3, 0.4) is 0 Å². The number of hydrogen-bond donors (Lipinski definition) is 2. The number of fused-ring (bicyclic) bond motifs is 1. The second-order valence-corrected chi connectivity index (χ2v) is 5.30. The van der Waals surface area contributed by atoms with E-state index in [-0.39, 0.29) is 5.69 Å². The van der Waals surface area contributed by atoms with Crippen molar-refractivity contribution in [3.05, 3.63) is 47.5 Å². The van der Waals surface area contributed by atoms with E-state index in [1.54, 1.807) is 0 Å². The van der Waals surface area contributed by atoms with Crippen molar-refractivity contribution in [1.82, 2.24) is 4.57 Å². The molecule has 126 valence electrons. The molecule has 1 aliphatic rings. The van der Waals surface area contributed by atoms with E-state index in [1.807, 2.05) is 0 Å². The fourth-order valence-electron chi connectivity index (χ4n) is 2.74. The van der Waals surface area contributed by atoms with Gasteiger partial charge in [0.1, 0.15) is 17.3 Å². The summed E-state index contributed by atoms with van der Waals surface area (Å²) in [6.07, 6.45) is -4.67. The van der Waals surface area contributed by atoms with Crippen LogP contribution in [0.5, 0.6) is 0 Å². The number of nitrogens with zero attached hydrogens (tertiary/aromatic N) is 1. The van der Waals surface area contributed by atoms with Crippen molar-refractivity contribution in [3.8, 4) is 5.69 Å². The largest absolute Gasteiger partial charge is 0.478 e. The summed E-state index contributed by atoms with van der Waals surface area (Å²) in [5.74, 6) is -5.29. The number of amides is 1. The molecule has 0 fully saturated rings. The highest BCUT2D eigenvalue weighted by atomic mass is 19.4. The Hall–Kier alpha value is -2.84. The van der Waals surface area contributed by atoms with Crippen LogP contribution in [-0.2, 0) is 4.79 Å². The normalized spacial score (nSPS) is 17.3. The van der Waals surface area contributed by atoms with E-state index in [9.17, 15) is 32.3 Å². The molecule has 5 nitrogen and oxygen atoms in total. The molecule has 9 heteroatoms. The molecule has 3 rings (SSSR count). The number of anilines is 1. The number of alkyl halides is 3. The first-order valence-electron chi connectivity index (χ1n) is 6.79. The first kappa shape index (κ1) is 16.0. The number of nitrogens with one attached hydrogen (secondary N) is 1. The quantitative estimate of drug-likeness (QED) is 0.823. The SMILES string of the molecule is O=C1C[C@H](C(F)(F)F)c2c(c(C(=O)O)cn2-c2cccc(F)c2)N1. The summed E-state index contributed by atoms with van der Waals surface area (Å²) in [6.45, 7) is 0. The van der Waals surface area contributed by atoms with Crippen molar-refractivity contribution in [2.24, 2.45) is 0 Å². The van der Waals surface area contributed by atoms with Crippen LogP contribution in [0.2, 0.25) is 0 Å². The number of aromatic carboxylic acids is 1. The van der Waals surface area contributed by atoms with E-state index in [0.29, 0.717) is 0 Å². The first-order chi connectivity index (χ1) is 11.2. The van der Waals surface area contributed by atoms with Gasteiger partial charge in [-0.1, -0.05) is 6.07 Å².